The molecule has 0 unspecified atom stereocenters. The van der Waals surface area contributed by atoms with E-state index in [1.807, 2.05) is 56.3 Å². The summed E-state index contributed by atoms with van der Waals surface area (Å²) in [6, 6.07) is 8.05. The van der Waals surface area contributed by atoms with Gasteiger partial charge in [0.25, 0.3) is 0 Å². The lowest BCUT2D eigenvalue weighted by molar-refractivity contribution is 0.340. The van der Waals surface area contributed by atoms with E-state index in [1.165, 1.54) is 0 Å². The lowest BCUT2D eigenvalue weighted by Gasteiger charge is -2.02. The molecule has 0 saturated carbocycles. The summed E-state index contributed by atoms with van der Waals surface area (Å²) in [5.74, 6) is 0.905. The van der Waals surface area contributed by atoms with Gasteiger partial charge in [-0.25, -0.2) is 0 Å². The van der Waals surface area contributed by atoms with Crippen molar-refractivity contribution in [1.82, 2.24) is 0 Å². The quantitative estimate of drug-likeness (QED) is 0.548. The topological polar surface area (TPSA) is 21.6 Å². The van der Waals surface area contributed by atoms with Crippen molar-refractivity contribution >= 4 is 12.3 Å². The molecule has 0 aliphatic rings. The first-order chi connectivity index (χ1) is 9.30. The summed E-state index contributed by atoms with van der Waals surface area (Å²) in [6.45, 7) is 4.68. The maximum atomic E-state index is 5.41. The largest absolute Gasteiger partial charge is 0.494 e. The highest BCUT2D eigenvalue weighted by molar-refractivity contribution is 5.74. The number of ether oxygens (including phenoxy) is 1. The average Bonchev–Trinajstić information content (AvgIpc) is 2.44. The summed E-state index contributed by atoms with van der Waals surface area (Å²) in [5, 5.41) is 0. The third-order valence-electron chi connectivity index (χ3n) is 2.43. The molecule has 1 aromatic rings. The van der Waals surface area contributed by atoms with Crippen molar-refractivity contribution in [2.24, 2.45) is 4.99 Å². The van der Waals surface area contributed by atoms with E-state index in [9.17, 15) is 0 Å². The highest BCUT2D eigenvalue weighted by atomic mass is 16.5. The van der Waals surface area contributed by atoms with Crippen LogP contribution in [0.4, 0.5) is 0 Å². The molecule has 0 radical (unpaired) electrons. The van der Waals surface area contributed by atoms with Gasteiger partial charge in [0.05, 0.1) is 6.61 Å². The predicted molar refractivity (Wildman–Crippen MR) is 84.0 cm³/mol. The number of aliphatic imine (C=N–C) groups is 1. The Hall–Kier alpha value is -2.09. The molecule has 0 amide bonds. The summed E-state index contributed by atoms with van der Waals surface area (Å²) in [7, 11) is 1.76. The summed E-state index contributed by atoms with van der Waals surface area (Å²) in [4.78, 5) is 3.96. The van der Waals surface area contributed by atoms with E-state index in [2.05, 4.69) is 17.1 Å². The van der Waals surface area contributed by atoms with Crippen LogP contribution in [0.3, 0.4) is 0 Å². The Morgan fingerprint density at radius 2 is 1.95 bits per heavy atom. The molecule has 1 aromatic carbocycles. The van der Waals surface area contributed by atoms with E-state index in [0.29, 0.717) is 6.61 Å². The van der Waals surface area contributed by atoms with Crippen LogP contribution in [-0.4, -0.2) is 19.9 Å². The molecule has 1 rings (SSSR count). The van der Waals surface area contributed by atoms with E-state index in [-0.39, 0.29) is 0 Å². The zero-order valence-corrected chi connectivity index (χ0v) is 11.8. The van der Waals surface area contributed by atoms with Crippen molar-refractivity contribution in [3.05, 3.63) is 59.7 Å². The third-order valence-corrected chi connectivity index (χ3v) is 2.43. The minimum absolute atomic E-state index is 0.694. The fourth-order valence-electron chi connectivity index (χ4n) is 1.55. The monoisotopic (exact) mass is 255 g/mol. The summed E-state index contributed by atoms with van der Waals surface area (Å²) < 4.78 is 5.41. The summed E-state index contributed by atoms with van der Waals surface area (Å²) >= 11 is 0. The van der Waals surface area contributed by atoms with Crippen LogP contribution in [0.15, 0.2) is 59.1 Å². The van der Waals surface area contributed by atoms with Gasteiger partial charge in [0.2, 0.25) is 0 Å². The van der Waals surface area contributed by atoms with Crippen molar-refractivity contribution in [2.45, 2.75) is 13.8 Å². The van der Waals surface area contributed by atoms with Gasteiger partial charge in [-0.2, -0.15) is 0 Å². The summed E-state index contributed by atoms with van der Waals surface area (Å²) in [5.41, 5.74) is 2.26. The van der Waals surface area contributed by atoms with Gasteiger partial charge in [0.1, 0.15) is 5.75 Å². The minimum Gasteiger partial charge on any atom is -0.494 e. The molecule has 0 heterocycles. The van der Waals surface area contributed by atoms with E-state index in [0.717, 1.165) is 16.9 Å². The Morgan fingerprint density at radius 1 is 1.21 bits per heavy atom. The minimum atomic E-state index is 0.694. The number of allylic oxidation sites excluding steroid dienone is 5. The molecule has 2 heteroatoms. The molecule has 0 bridgehead atoms. The zero-order chi connectivity index (χ0) is 13.9. The Bertz CT molecular complexity index is 478. The lowest BCUT2D eigenvalue weighted by atomic mass is 10.1. The molecule has 0 aromatic heterocycles. The number of rotatable bonds is 6. The molecule has 2 nitrogen and oxygen atoms in total. The van der Waals surface area contributed by atoms with Gasteiger partial charge < -0.3 is 4.74 Å². The number of benzene rings is 1. The molecule has 0 aliphatic carbocycles. The SMILES string of the molecule is CC=CC(C=Cc1ccc(OCC)cc1)=CC=NC. The van der Waals surface area contributed by atoms with Gasteiger partial charge in [-0.15, -0.1) is 0 Å². The number of hydrogen-bond acceptors (Lipinski definition) is 2. The van der Waals surface area contributed by atoms with Crippen LogP contribution in [0.5, 0.6) is 5.75 Å². The molecule has 0 aliphatic heterocycles. The van der Waals surface area contributed by atoms with Gasteiger partial charge in [-0.1, -0.05) is 36.4 Å². The van der Waals surface area contributed by atoms with E-state index >= 15 is 0 Å². The van der Waals surface area contributed by atoms with E-state index in [4.69, 9.17) is 4.74 Å². The van der Waals surface area contributed by atoms with E-state index < -0.39 is 0 Å². The second-order valence-electron chi connectivity index (χ2n) is 3.91. The normalized spacial score (nSPS) is 12.9. The van der Waals surface area contributed by atoms with Gasteiger partial charge in [-0.3, -0.25) is 4.99 Å². The standard InChI is InChI=1S/C17H21NO/c1-4-6-15(13-14-18-3)7-8-16-9-11-17(12-10-16)19-5-2/h4,6-14H,5H2,1-3H3. The smallest absolute Gasteiger partial charge is 0.119 e. The first-order valence-corrected chi connectivity index (χ1v) is 6.46. The van der Waals surface area contributed by atoms with Crippen LogP contribution in [0.2, 0.25) is 0 Å². The number of hydrogen-bond donors (Lipinski definition) is 0. The first-order valence-electron chi connectivity index (χ1n) is 6.46. The molecule has 0 atom stereocenters. The Labute approximate surface area is 115 Å². The zero-order valence-electron chi connectivity index (χ0n) is 11.8. The second-order valence-corrected chi connectivity index (χ2v) is 3.91. The van der Waals surface area contributed by atoms with Crippen LogP contribution in [0.25, 0.3) is 6.08 Å². The van der Waals surface area contributed by atoms with Crippen molar-refractivity contribution in [2.75, 3.05) is 13.7 Å². The van der Waals surface area contributed by atoms with Gasteiger partial charge in [0.15, 0.2) is 0 Å². The third kappa shape index (κ3) is 5.87. The van der Waals surface area contributed by atoms with Crippen molar-refractivity contribution in [3.8, 4) is 5.75 Å². The molecule has 100 valence electrons. The Kier molecular flexibility index (Phi) is 7.03. The summed E-state index contributed by atoms with van der Waals surface area (Å²) in [6.07, 6.45) is 12.0. The molecule has 0 N–H and O–H groups in total. The van der Waals surface area contributed by atoms with Crippen LogP contribution in [0, 0.1) is 0 Å². The van der Waals surface area contributed by atoms with E-state index in [1.54, 1.807) is 13.3 Å². The average molecular weight is 255 g/mol. The van der Waals surface area contributed by atoms with Crippen molar-refractivity contribution < 1.29 is 4.74 Å². The molecular weight excluding hydrogens is 234 g/mol. The molecule has 0 spiro atoms. The van der Waals surface area contributed by atoms with Crippen LogP contribution < -0.4 is 4.74 Å². The molecule has 0 saturated heterocycles. The predicted octanol–water partition coefficient (Wildman–Crippen LogP) is 4.30. The second kappa shape index (κ2) is 8.92. The highest BCUT2D eigenvalue weighted by Crippen LogP contribution is 2.14. The number of nitrogens with zero attached hydrogens (tertiary/aromatic N) is 1. The fourth-order valence-corrected chi connectivity index (χ4v) is 1.55. The van der Waals surface area contributed by atoms with Crippen LogP contribution >= 0.6 is 0 Å². The van der Waals surface area contributed by atoms with Crippen molar-refractivity contribution in [3.63, 3.8) is 0 Å². The maximum absolute atomic E-state index is 5.41. The van der Waals surface area contributed by atoms with Gasteiger partial charge in [0, 0.05) is 13.3 Å². The Balaban J connectivity index is 2.78. The van der Waals surface area contributed by atoms with Crippen LogP contribution in [0.1, 0.15) is 19.4 Å². The van der Waals surface area contributed by atoms with Gasteiger partial charge >= 0.3 is 0 Å². The molecular formula is C17H21NO. The van der Waals surface area contributed by atoms with Crippen molar-refractivity contribution in [1.29, 1.82) is 0 Å². The van der Waals surface area contributed by atoms with Crippen LogP contribution in [-0.2, 0) is 0 Å². The first kappa shape index (κ1) is 15.0. The Morgan fingerprint density at radius 3 is 2.53 bits per heavy atom. The maximum Gasteiger partial charge on any atom is 0.119 e. The lowest BCUT2D eigenvalue weighted by Crippen LogP contribution is -1.90. The molecule has 19 heavy (non-hydrogen) atoms. The van der Waals surface area contributed by atoms with Gasteiger partial charge in [-0.05, 0) is 43.2 Å². The highest BCUT2D eigenvalue weighted by Gasteiger charge is 1.91. The molecule has 0 fully saturated rings. The fraction of sp³-hybridized carbons (Fsp3) is 0.235.